The maximum atomic E-state index is 12.3. The number of nitrogens with zero attached hydrogens (tertiary/aromatic N) is 2. The van der Waals surface area contributed by atoms with E-state index in [2.05, 4.69) is 4.90 Å². The van der Waals surface area contributed by atoms with Gasteiger partial charge in [-0.3, -0.25) is 15.2 Å². The molecule has 0 aliphatic carbocycles. The van der Waals surface area contributed by atoms with Crippen molar-refractivity contribution in [3.8, 4) is 11.5 Å². The summed E-state index contributed by atoms with van der Waals surface area (Å²) in [5, 5.41) is 7.47. The predicted octanol–water partition coefficient (Wildman–Crippen LogP) is 2.22. The number of morpholine rings is 1. The van der Waals surface area contributed by atoms with Crippen molar-refractivity contribution in [3.63, 3.8) is 0 Å². The molecular formula is C23H28N4O5. The van der Waals surface area contributed by atoms with Gasteiger partial charge >= 0.3 is 6.09 Å². The second-order valence-electron chi connectivity index (χ2n) is 7.76. The van der Waals surface area contributed by atoms with Crippen LogP contribution in [0.2, 0.25) is 0 Å². The van der Waals surface area contributed by atoms with E-state index >= 15 is 0 Å². The Kier molecular flexibility index (Phi) is 6.77. The van der Waals surface area contributed by atoms with Crippen LogP contribution in [0.1, 0.15) is 11.1 Å². The molecule has 2 aromatic rings. The molecular weight excluding hydrogens is 412 g/mol. The number of carbonyl (C=O) groups excluding carboxylic acids is 1. The van der Waals surface area contributed by atoms with Crippen molar-refractivity contribution in [2.45, 2.75) is 12.6 Å². The number of methoxy groups -OCH3 is 1. The zero-order chi connectivity index (χ0) is 22.5. The van der Waals surface area contributed by atoms with Crippen molar-refractivity contribution in [1.82, 2.24) is 4.90 Å². The fraction of sp³-hybridized carbons (Fsp3) is 0.391. The van der Waals surface area contributed by atoms with Gasteiger partial charge in [-0.25, -0.2) is 4.79 Å². The van der Waals surface area contributed by atoms with Gasteiger partial charge in [-0.2, -0.15) is 0 Å². The van der Waals surface area contributed by atoms with Crippen LogP contribution in [0, 0.1) is 5.41 Å². The van der Waals surface area contributed by atoms with Gasteiger partial charge in [0.25, 0.3) is 0 Å². The average Bonchev–Trinajstić information content (AvgIpc) is 3.19. The minimum atomic E-state index is -0.429. The zero-order valence-corrected chi connectivity index (χ0v) is 18.1. The Labute approximate surface area is 187 Å². The summed E-state index contributed by atoms with van der Waals surface area (Å²) in [7, 11) is 1.61. The Hall–Kier alpha value is -3.30. The number of nitrogens with one attached hydrogen (secondary N) is 1. The first-order valence-corrected chi connectivity index (χ1v) is 10.6. The van der Waals surface area contributed by atoms with Crippen LogP contribution in [0.25, 0.3) is 0 Å². The Morgan fingerprint density at radius 3 is 2.59 bits per heavy atom. The van der Waals surface area contributed by atoms with Gasteiger partial charge in [0.15, 0.2) is 17.6 Å². The van der Waals surface area contributed by atoms with Gasteiger partial charge < -0.3 is 24.7 Å². The van der Waals surface area contributed by atoms with Gasteiger partial charge in [0.05, 0.1) is 26.9 Å². The minimum Gasteiger partial charge on any atom is -0.493 e. The normalized spacial score (nSPS) is 19.0. The maximum absolute atomic E-state index is 12.3. The highest BCUT2D eigenvalue weighted by Gasteiger charge is 2.33. The molecule has 2 heterocycles. The van der Waals surface area contributed by atoms with E-state index in [0.717, 1.165) is 38.4 Å². The quantitative estimate of drug-likeness (QED) is 0.478. The SMILES string of the molecule is COc1cc(CN2CCOCC2)ccc1OCC1CN(c2ccc(C(=N)N)cc2)C(=O)O1. The second kappa shape index (κ2) is 9.88. The number of hydrogen-bond donors (Lipinski definition) is 2. The zero-order valence-electron chi connectivity index (χ0n) is 18.1. The molecule has 1 unspecified atom stereocenters. The molecule has 2 aliphatic heterocycles. The Morgan fingerprint density at radius 2 is 1.91 bits per heavy atom. The van der Waals surface area contributed by atoms with E-state index in [4.69, 9.17) is 30.1 Å². The molecule has 0 saturated carbocycles. The van der Waals surface area contributed by atoms with E-state index in [1.54, 1.807) is 36.3 Å². The first-order chi connectivity index (χ1) is 15.5. The van der Waals surface area contributed by atoms with Crippen molar-refractivity contribution in [2.24, 2.45) is 5.73 Å². The van der Waals surface area contributed by atoms with Crippen LogP contribution in [0.4, 0.5) is 10.5 Å². The van der Waals surface area contributed by atoms with Gasteiger partial charge in [0, 0.05) is 30.9 Å². The minimum absolute atomic E-state index is 0.0169. The van der Waals surface area contributed by atoms with Crippen molar-refractivity contribution in [1.29, 1.82) is 5.41 Å². The molecule has 9 heteroatoms. The highest BCUT2D eigenvalue weighted by Crippen LogP contribution is 2.30. The number of ether oxygens (including phenoxy) is 4. The lowest BCUT2D eigenvalue weighted by Crippen LogP contribution is -2.35. The van der Waals surface area contributed by atoms with E-state index in [-0.39, 0.29) is 12.4 Å². The lowest BCUT2D eigenvalue weighted by Gasteiger charge is -2.26. The second-order valence-corrected chi connectivity index (χ2v) is 7.76. The third kappa shape index (κ3) is 5.12. The van der Waals surface area contributed by atoms with Crippen LogP contribution < -0.4 is 20.1 Å². The number of cyclic esters (lactones) is 1. The van der Waals surface area contributed by atoms with Crippen molar-refractivity contribution in [3.05, 3.63) is 53.6 Å². The van der Waals surface area contributed by atoms with Gasteiger partial charge in [-0.15, -0.1) is 0 Å². The van der Waals surface area contributed by atoms with E-state index < -0.39 is 12.2 Å². The topological polar surface area (TPSA) is 110 Å². The molecule has 3 N–H and O–H groups in total. The lowest BCUT2D eigenvalue weighted by molar-refractivity contribution is 0.0341. The summed E-state index contributed by atoms with van der Waals surface area (Å²) in [4.78, 5) is 16.2. The third-order valence-electron chi connectivity index (χ3n) is 5.53. The van der Waals surface area contributed by atoms with Gasteiger partial charge in [0.1, 0.15) is 12.4 Å². The smallest absolute Gasteiger partial charge is 0.414 e. The summed E-state index contributed by atoms with van der Waals surface area (Å²) in [6.07, 6.45) is -0.838. The van der Waals surface area contributed by atoms with Crippen molar-refractivity contribution < 1.29 is 23.7 Å². The molecule has 0 bridgehead atoms. The van der Waals surface area contributed by atoms with E-state index in [9.17, 15) is 4.79 Å². The highest BCUT2D eigenvalue weighted by atomic mass is 16.6. The van der Waals surface area contributed by atoms with E-state index in [1.807, 2.05) is 18.2 Å². The lowest BCUT2D eigenvalue weighted by atomic mass is 10.1. The molecule has 4 rings (SSSR count). The molecule has 2 saturated heterocycles. The van der Waals surface area contributed by atoms with Crippen LogP contribution in [0.15, 0.2) is 42.5 Å². The number of rotatable bonds is 8. The van der Waals surface area contributed by atoms with E-state index in [0.29, 0.717) is 29.3 Å². The summed E-state index contributed by atoms with van der Waals surface area (Å²) in [6, 6.07) is 12.8. The van der Waals surface area contributed by atoms with Crippen LogP contribution in [-0.2, 0) is 16.0 Å². The number of nitrogens with two attached hydrogens (primary N) is 1. The molecule has 9 nitrogen and oxygen atoms in total. The number of anilines is 1. The highest BCUT2D eigenvalue weighted by molar-refractivity contribution is 5.96. The van der Waals surface area contributed by atoms with Crippen LogP contribution in [0.3, 0.4) is 0 Å². The Balaban J connectivity index is 1.34. The Morgan fingerprint density at radius 1 is 1.16 bits per heavy atom. The molecule has 170 valence electrons. The molecule has 2 aliphatic rings. The average molecular weight is 441 g/mol. The van der Waals surface area contributed by atoms with E-state index in [1.165, 1.54) is 0 Å². The molecule has 0 aromatic heterocycles. The van der Waals surface area contributed by atoms with Gasteiger partial charge in [0.2, 0.25) is 0 Å². The predicted molar refractivity (Wildman–Crippen MR) is 120 cm³/mol. The first kappa shape index (κ1) is 21.9. The largest absolute Gasteiger partial charge is 0.493 e. The monoisotopic (exact) mass is 440 g/mol. The molecule has 1 amide bonds. The fourth-order valence-electron chi connectivity index (χ4n) is 3.77. The molecule has 0 spiro atoms. The number of hydrogen-bond acceptors (Lipinski definition) is 7. The Bertz CT molecular complexity index is 959. The van der Waals surface area contributed by atoms with Crippen molar-refractivity contribution >= 4 is 17.6 Å². The maximum Gasteiger partial charge on any atom is 0.414 e. The molecule has 32 heavy (non-hydrogen) atoms. The molecule has 2 fully saturated rings. The first-order valence-electron chi connectivity index (χ1n) is 10.6. The molecule has 0 radical (unpaired) electrons. The van der Waals surface area contributed by atoms with Crippen LogP contribution >= 0.6 is 0 Å². The van der Waals surface area contributed by atoms with Crippen molar-refractivity contribution in [2.75, 3.05) is 51.5 Å². The fourth-order valence-corrected chi connectivity index (χ4v) is 3.77. The van der Waals surface area contributed by atoms with Crippen LogP contribution in [0.5, 0.6) is 11.5 Å². The third-order valence-corrected chi connectivity index (χ3v) is 5.53. The molecule has 1 atom stereocenters. The summed E-state index contributed by atoms with van der Waals surface area (Å²) < 4.78 is 22.3. The van der Waals surface area contributed by atoms with Crippen LogP contribution in [-0.4, -0.2) is 69.5 Å². The van der Waals surface area contributed by atoms with Gasteiger partial charge in [-0.1, -0.05) is 6.07 Å². The summed E-state index contributed by atoms with van der Waals surface area (Å²) in [5.74, 6) is 1.24. The summed E-state index contributed by atoms with van der Waals surface area (Å²) in [6.45, 7) is 4.77. The molecule has 2 aromatic carbocycles. The standard InChI is InChI=1S/C23H28N4O5/c1-29-21-12-16(13-26-8-10-30-11-9-26)2-7-20(21)31-15-19-14-27(23(28)32-19)18-5-3-17(4-6-18)22(24)25/h2-7,12,19H,8-11,13-15H2,1H3,(H3,24,25). The summed E-state index contributed by atoms with van der Waals surface area (Å²) in [5.41, 5.74) is 7.92. The number of nitrogen functional groups attached to an aromatic ring is 1. The summed E-state index contributed by atoms with van der Waals surface area (Å²) >= 11 is 0. The number of amidine groups is 1. The van der Waals surface area contributed by atoms with Gasteiger partial charge in [-0.05, 0) is 42.0 Å². The number of carbonyl (C=O) groups is 1. The number of benzene rings is 2. The number of amides is 1.